The van der Waals surface area contributed by atoms with Gasteiger partial charge in [-0.2, -0.15) is 4.98 Å². The molecule has 0 atom stereocenters. The number of hydrogen-bond donors (Lipinski definition) is 1. The van der Waals surface area contributed by atoms with Gasteiger partial charge in [-0.15, -0.1) is 0 Å². The lowest BCUT2D eigenvalue weighted by Crippen LogP contribution is -1.80. The molecule has 0 aliphatic heterocycles. The van der Waals surface area contributed by atoms with E-state index in [2.05, 4.69) is 15.1 Å². The number of aromatic nitrogens is 3. The fraction of sp³-hybridized carbons (Fsp3) is 0. The van der Waals surface area contributed by atoms with Gasteiger partial charge in [-0.3, -0.25) is 0 Å². The van der Waals surface area contributed by atoms with Crippen LogP contribution in [0.4, 0.5) is 0 Å². The van der Waals surface area contributed by atoms with Crippen LogP contribution in [0.3, 0.4) is 0 Å². The Morgan fingerprint density at radius 2 is 2.21 bits per heavy atom. The van der Waals surface area contributed by atoms with Crippen molar-refractivity contribution in [3.63, 3.8) is 0 Å². The molecular formula is C10H7N3O. The van der Waals surface area contributed by atoms with Crippen LogP contribution in [0.15, 0.2) is 41.4 Å². The molecule has 0 unspecified atom stereocenters. The van der Waals surface area contributed by atoms with Crippen LogP contribution < -0.4 is 0 Å². The third-order valence-electron chi connectivity index (χ3n) is 2.20. The van der Waals surface area contributed by atoms with E-state index in [-0.39, 0.29) is 0 Å². The van der Waals surface area contributed by atoms with Gasteiger partial charge >= 0.3 is 0 Å². The largest absolute Gasteiger partial charge is 0.361 e. The molecule has 4 nitrogen and oxygen atoms in total. The van der Waals surface area contributed by atoms with E-state index in [0.717, 1.165) is 16.5 Å². The molecule has 2 heterocycles. The molecule has 3 rings (SSSR count). The molecule has 3 aromatic rings. The molecule has 0 saturated carbocycles. The summed E-state index contributed by atoms with van der Waals surface area (Å²) in [6.07, 6.45) is 3.23. The van der Waals surface area contributed by atoms with Crippen LogP contribution in [0.1, 0.15) is 0 Å². The average molecular weight is 185 g/mol. The van der Waals surface area contributed by atoms with Crippen LogP contribution in [0.25, 0.3) is 22.3 Å². The smallest absolute Gasteiger partial charge is 0.214 e. The summed E-state index contributed by atoms with van der Waals surface area (Å²) in [6.45, 7) is 0. The summed E-state index contributed by atoms with van der Waals surface area (Å²) >= 11 is 0. The second kappa shape index (κ2) is 2.70. The molecule has 14 heavy (non-hydrogen) atoms. The standard InChI is InChI=1S/C10H7N3O/c1-2-8(10-12-6-14-13-10)7-4-5-11-9(7)3-1/h1-6,11H. The van der Waals surface area contributed by atoms with Gasteiger partial charge in [0.15, 0.2) is 0 Å². The second-order valence-electron chi connectivity index (χ2n) is 3.00. The van der Waals surface area contributed by atoms with Crippen molar-refractivity contribution in [3.8, 4) is 11.4 Å². The first-order chi connectivity index (χ1) is 6.95. The number of benzene rings is 1. The van der Waals surface area contributed by atoms with E-state index in [4.69, 9.17) is 4.52 Å². The van der Waals surface area contributed by atoms with Crippen molar-refractivity contribution >= 4 is 10.9 Å². The van der Waals surface area contributed by atoms with Crippen LogP contribution in [-0.2, 0) is 0 Å². The fourth-order valence-corrected chi connectivity index (χ4v) is 1.57. The molecule has 0 fully saturated rings. The quantitative estimate of drug-likeness (QED) is 0.632. The highest BCUT2D eigenvalue weighted by molar-refractivity contribution is 5.93. The Morgan fingerprint density at radius 1 is 1.21 bits per heavy atom. The Bertz CT molecular complexity index is 554. The summed E-state index contributed by atoms with van der Waals surface area (Å²) in [5, 5.41) is 4.92. The highest BCUT2D eigenvalue weighted by Crippen LogP contribution is 2.24. The van der Waals surface area contributed by atoms with Gasteiger partial charge in [0.25, 0.3) is 0 Å². The highest BCUT2D eigenvalue weighted by Gasteiger charge is 2.07. The Hall–Kier alpha value is -2.10. The number of fused-ring (bicyclic) bond motifs is 1. The van der Waals surface area contributed by atoms with Gasteiger partial charge in [-0.1, -0.05) is 17.3 Å². The first-order valence-corrected chi connectivity index (χ1v) is 4.28. The van der Waals surface area contributed by atoms with Crippen LogP contribution in [-0.4, -0.2) is 15.1 Å². The van der Waals surface area contributed by atoms with E-state index >= 15 is 0 Å². The Kier molecular flexibility index (Phi) is 1.41. The SMILES string of the molecule is c1cc(-c2ncon2)c2cc[nH]c2c1. The molecule has 0 radical (unpaired) electrons. The van der Waals surface area contributed by atoms with Crippen molar-refractivity contribution in [2.24, 2.45) is 0 Å². The monoisotopic (exact) mass is 185 g/mol. The molecule has 0 bridgehead atoms. The summed E-state index contributed by atoms with van der Waals surface area (Å²) in [7, 11) is 0. The zero-order chi connectivity index (χ0) is 9.38. The molecule has 0 aliphatic rings. The molecule has 2 aromatic heterocycles. The molecule has 0 aliphatic carbocycles. The molecule has 0 spiro atoms. The average Bonchev–Trinajstić information content (AvgIpc) is 2.88. The number of aromatic amines is 1. The molecule has 68 valence electrons. The van der Waals surface area contributed by atoms with E-state index < -0.39 is 0 Å². The summed E-state index contributed by atoms with van der Waals surface area (Å²) in [5.41, 5.74) is 2.06. The van der Waals surface area contributed by atoms with Gasteiger partial charge < -0.3 is 9.51 Å². The van der Waals surface area contributed by atoms with Crippen molar-refractivity contribution in [2.75, 3.05) is 0 Å². The zero-order valence-corrected chi connectivity index (χ0v) is 7.27. The first-order valence-electron chi connectivity index (χ1n) is 4.28. The fourth-order valence-electron chi connectivity index (χ4n) is 1.57. The summed E-state index contributed by atoms with van der Waals surface area (Å²) in [6, 6.07) is 7.95. The number of hydrogen-bond acceptors (Lipinski definition) is 3. The van der Waals surface area contributed by atoms with Crippen LogP contribution in [0.2, 0.25) is 0 Å². The lowest BCUT2D eigenvalue weighted by molar-refractivity contribution is 0.419. The second-order valence-corrected chi connectivity index (χ2v) is 3.00. The minimum Gasteiger partial charge on any atom is -0.361 e. The first kappa shape index (κ1) is 7.32. The predicted octanol–water partition coefficient (Wildman–Crippen LogP) is 2.22. The van der Waals surface area contributed by atoms with Gasteiger partial charge in [0.2, 0.25) is 12.2 Å². The van der Waals surface area contributed by atoms with Crippen molar-refractivity contribution in [1.82, 2.24) is 15.1 Å². The summed E-state index contributed by atoms with van der Waals surface area (Å²) < 4.78 is 4.72. The predicted molar refractivity (Wildman–Crippen MR) is 51.6 cm³/mol. The lowest BCUT2D eigenvalue weighted by Gasteiger charge is -1.95. The third kappa shape index (κ3) is 0.939. The minimum absolute atomic E-state index is 0.621. The summed E-state index contributed by atoms with van der Waals surface area (Å²) in [4.78, 5) is 7.16. The maximum atomic E-state index is 4.72. The Labute approximate surface area is 79.6 Å². The Balaban J connectivity index is 2.36. The van der Waals surface area contributed by atoms with Crippen molar-refractivity contribution in [2.45, 2.75) is 0 Å². The number of rotatable bonds is 1. The number of nitrogens with one attached hydrogen (secondary N) is 1. The maximum absolute atomic E-state index is 4.72. The van der Waals surface area contributed by atoms with Gasteiger partial charge in [0.1, 0.15) is 0 Å². The van der Waals surface area contributed by atoms with Crippen LogP contribution >= 0.6 is 0 Å². The van der Waals surface area contributed by atoms with E-state index in [1.807, 2.05) is 30.5 Å². The number of H-pyrrole nitrogens is 1. The lowest BCUT2D eigenvalue weighted by atomic mass is 10.1. The van der Waals surface area contributed by atoms with E-state index in [1.54, 1.807) is 0 Å². The van der Waals surface area contributed by atoms with Gasteiger partial charge in [-0.05, 0) is 12.1 Å². The van der Waals surface area contributed by atoms with E-state index in [9.17, 15) is 0 Å². The minimum atomic E-state index is 0.621. The van der Waals surface area contributed by atoms with E-state index in [1.165, 1.54) is 6.39 Å². The van der Waals surface area contributed by atoms with Crippen molar-refractivity contribution in [3.05, 3.63) is 36.9 Å². The molecular weight excluding hydrogens is 178 g/mol. The zero-order valence-electron chi connectivity index (χ0n) is 7.27. The summed E-state index contributed by atoms with van der Waals surface area (Å²) in [5.74, 6) is 0.621. The topological polar surface area (TPSA) is 54.7 Å². The molecule has 4 heteroatoms. The van der Waals surface area contributed by atoms with Crippen molar-refractivity contribution < 1.29 is 4.52 Å². The normalized spacial score (nSPS) is 10.9. The maximum Gasteiger partial charge on any atom is 0.214 e. The van der Waals surface area contributed by atoms with E-state index in [0.29, 0.717) is 5.82 Å². The van der Waals surface area contributed by atoms with Gasteiger partial charge in [0.05, 0.1) is 0 Å². The molecule has 1 aromatic carbocycles. The molecule has 1 N–H and O–H groups in total. The molecule has 0 amide bonds. The third-order valence-corrected chi connectivity index (χ3v) is 2.20. The van der Waals surface area contributed by atoms with Crippen molar-refractivity contribution in [1.29, 1.82) is 0 Å². The number of nitrogens with zero attached hydrogens (tertiary/aromatic N) is 2. The van der Waals surface area contributed by atoms with Gasteiger partial charge in [-0.25, -0.2) is 0 Å². The Morgan fingerprint density at radius 3 is 3.07 bits per heavy atom. The van der Waals surface area contributed by atoms with Crippen LogP contribution in [0.5, 0.6) is 0 Å². The van der Waals surface area contributed by atoms with Crippen LogP contribution in [0, 0.1) is 0 Å². The highest BCUT2D eigenvalue weighted by atomic mass is 16.5. The molecule has 0 saturated heterocycles. The van der Waals surface area contributed by atoms with Gasteiger partial charge in [0, 0.05) is 22.7 Å².